The molecule has 1 aliphatic carbocycles. The molecule has 0 aromatic rings. The van der Waals surface area contributed by atoms with Crippen molar-refractivity contribution in [2.45, 2.75) is 64.0 Å². The van der Waals surface area contributed by atoms with E-state index in [0.717, 1.165) is 44.1 Å². The Morgan fingerprint density at radius 2 is 2.28 bits per heavy atom. The van der Waals surface area contributed by atoms with E-state index in [1.54, 1.807) is 0 Å². The fraction of sp³-hybridized carbons (Fsp3) is 0.786. The van der Waals surface area contributed by atoms with Crippen LogP contribution in [-0.4, -0.2) is 34.9 Å². The average Bonchev–Trinajstić information content (AvgIpc) is 2.89. The molecule has 0 aromatic carbocycles. The standard InChI is InChI=1S/C14H25NO3/c1-2-3-4-9-13(17)15-12(10-16)14(18)11-7-5-6-8-11/h7,12,14,16,18H,2-6,8-10H2,1H3,(H,15,17)/t12?,14-/m1/s1. The topological polar surface area (TPSA) is 69.6 Å². The van der Waals surface area contributed by atoms with E-state index in [1.165, 1.54) is 0 Å². The number of nitrogens with one attached hydrogen (secondary N) is 1. The minimum Gasteiger partial charge on any atom is -0.394 e. The van der Waals surface area contributed by atoms with Crippen molar-refractivity contribution in [1.82, 2.24) is 5.32 Å². The van der Waals surface area contributed by atoms with Gasteiger partial charge < -0.3 is 15.5 Å². The SMILES string of the molecule is CCCCCC(=O)NC(CO)[C@H](O)C1=CCCC1. The molecule has 4 heteroatoms. The highest BCUT2D eigenvalue weighted by Gasteiger charge is 2.24. The van der Waals surface area contributed by atoms with E-state index >= 15 is 0 Å². The number of unbranched alkanes of at least 4 members (excludes halogenated alkanes) is 2. The van der Waals surface area contributed by atoms with Gasteiger partial charge in [-0.1, -0.05) is 25.8 Å². The maximum absolute atomic E-state index is 11.7. The minimum absolute atomic E-state index is 0.0832. The van der Waals surface area contributed by atoms with Crippen molar-refractivity contribution in [2.24, 2.45) is 0 Å². The average molecular weight is 255 g/mol. The van der Waals surface area contributed by atoms with Crippen LogP contribution >= 0.6 is 0 Å². The maximum atomic E-state index is 11.7. The first kappa shape index (κ1) is 15.2. The Labute approximate surface area is 109 Å². The molecule has 1 amide bonds. The Morgan fingerprint density at radius 3 is 2.83 bits per heavy atom. The van der Waals surface area contributed by atoms with E-state index in [0.29, 0.717) is 6.42 Å². The second-order valence-corrected chi connectivity index (χ2v) is 4.93. The molecule has 0 bridgehead atoms. The quantitative estimate of drug-likeness (QED) is 0.455. The molecule has 4 nitrogen and oxygen atoms in total. The molecular formula is C14H25NO3. The van der Waals surface area contributed by atoms with Gasteiger partial charge >= 0.3 is 0 Å². The number of hydrogen-bond acceptors (Lipinski definition) is 3. The second kappa shape index (κ2) is 8.27. The molecule has 0 aromatic heterocycles. The Hall–Kier alpha value is -0.870. The third kappa shape index (κ3) is 4.78. The summed E-state index contributed by atoms with van der Waals surface area (Å²) >= 11 is 0. The molecule has 1 rings (SSSR count). The zero-order valence-corrected chi connectivity index (χ0v) is 11.2. The molecule has 0 saturated heterocycles. The number of amides is 1. The zero-order valence-electron chi connectivity index (χ0n) is 11.2. The lowest BCUT2D eigenvalue weighted by atomic mass is 10.0. The molecule has 104 valence electrons. The Kier molecular flexibility index (Phi) is 6.98. The first-order valence-electron chi connectivity index (χ1n) is 6.96. The lowest BCUT2D eigenvalue weighted by Crippen LogP contribution is -2.46. The van der Waals surface area contributed by atoms with Gasteiger partial charge in [-0.3, -0.25) is 4.79 Å². The lowest BCUT2D eigenvalue weighted by molar-refractivity contribution is -0.123. The number of aliphatic hydroxyl groups excluding tert-OH is 2. The first-order chi connectivity index (χ1) is 8.69. The largest absolute Gasteiger partial charge is 0.394 e. The van der Waals surface area contributed by atoms with Gasteiger partial charge in [0.25, 0.3) is 0 Å². The Balaban J connectivity index is 2.38. The van der Waals surface area contributed by atoms with Crippen molar-refractivity contribution in [3.05, 3.63) is 11.6 Å². The van der Waals surface area contributed by atoms with Gasteiger partial charge in [-0.2, -0.15) is 0 Å². The fourth-order valence-electron chi connectivity index (χ4n) is 2.26. The summed E-state index contributed by atoms with van der Waals surface area (Å²) in [6, 6.07) is -0.566. The van der Waals surface area contributed by atoms with Crippen LogP contribution in [0.1, 0.15) is 51.9 Å². The Morgan fingerprint density at radius 1 is 1.50 bits per heavy atom. The van der Waals surface area contributed by atoms with Gasteiger partial charge in [0, 0.05) is 6.42 Å². The second-order valence-electron chi connectivity index (χ2n) is 4.93. The van der Waals surface area contributed by atoms with Crippen LogP contribution in [-0.2, 0) is 4.79 Å². The highest BCUT2D eigenvalue weighted by Crippen LogP contribution is 2.22. The molecule has 1 aliphatic rings. The number of carbonyl (C=O) groups excluding carboxylic acids is 1. The van der Waals surface area contributed by atoms with E-state index in [9.17, 15) is 15.0 Å². The molecule has 0 spiro atoms. The highest BCUT2D eigenvalue weighted by atomic mass is 16.3. The van der Waals surface area contributed by atoms with Gasteiger partial charge in [-0.15, -0.1) is 0 Å². The third-order valence-electron chi connectivity index (χ3n) is 3.39. The summed E-state index contributed by atoms with van der Waals surface area (Å²) in [5.41, 5.74) is 0.947. The van der Waals surface area contributed by atoms with Crippen LogP contribution in [0.15, 0.2) is 11.6 Å². The molecule has 0 aliphatic heterocycles. The van der Waals surface area contributed by atoms with Crippen LogP contribution in [0.2, 0.25) is 0 Å². The molecule has 0 radical (unpaired) electrons. The van der Waals surface area contributed by atoms with E-state index in [1.807, 2.05) is 6.08 Å². The summed E-state index contributed by atoms with van der Waals surface area (Å²) in [7, 11) is 0. The number of allylic oxidation sites excluding steroid dienone is 1. The zero-order chi connectivity index (χ0) is 13.4. The van der Waals surface area contributed by atoms with Gasteiger partial charge in [0.15, 0.2) is 0 Å². The third-order valence-corrected chi connectivity index (χ3v) is 3.39. The van der Waals surface area contributed by atoms with E-state index in [2.05, 4.69) is 12.2 Å². The van der Waals surface area contributed by atoms with E-state index < -0.39 is 12.1 Å². The summed E-state index contributed by atoms with van der Waals surface area (Å²) in [5, 5.41) is 22.1. The normalized spacial score (nSPS) is 18.3. The van der Waals surface area contributed by atoms with Crippen LogP contribution in [0, 0.1) is 0 Å². The molecular weight excluding hydrogens is 230 g/mol. The van der Waals surface area contributed by atoms with Gasteiger partial charge in [-0.05, 0) is 31.3 Å². The summed E-state index contributed by atoms with van der Waals surface area (Å²) in [5.74, 6) is -0.0832. The first-order valence-corrected chi connectivity index (χ1v) is 6.96. The predicted octanol–water partition coefficient (Wildman–Crippen LogP) is 1.51. The predicted molar refractivity (Wildman–Crippen MR) is 71.1 cm³/mol. The molecule has 18 heavy (non-hydrogen) atoms. The lowest BCUT2D eigenvalue weighted by Gasteiger charge is -2.23. The number of rotatable bonds is 8. The van der Waals surface area contributed by atoms with Crippen molar-refractivity contribution < 1.29 is 15.0 Å². The highest BCUT2D eigenvalue weighted by molar-refractivity contribution is 5.76. The maximum Gasteiger partial charge on any atom is 0.220 e. The summed E-state index contributed by atoms with van der Waals surface area (Å²) in [6.07, 6.45) is 7.60. The summed E-state index contributed by atoms with van der Waals surface area (Å²) in [6.45, 7) is 1.86. The fourth-order valence-corrected chi connectivity index (χ4v) is 2.26. The minimum atomic E-state index is -0.743. The van der Waals surface area contributed by atoms with Crippen LogP contribution in [0.4, 0.5) is 0 Å². The monoisotopic (exact) mass is 255 g/mol. The number of carbonyl (C=O) groups is 1. The number of aliphatic hydroxyl groups is 2. The number of hydrogen-bond donors (Lipinski definition) is 3. The van der Waals surface area contributed by atoms with Crippen molar-refractivity contribution in [2.75, 3.05) is 6.61 Å². The van der Waals surface area contributed by atoms with Crippen LogP contribution in [0.25, 0.3) is 0 Å². The van der Waals surface area contributed by atoms with Crippen molar-refractivity contribution >= 4 is 5.91 Å². The van der Waals surface area contributed by atoms with Crippen molar-refractivity contribution in [3.8, 4) is 0 Å². The molecule has 0 fully saturated rings. The van der Waals surface area contributed by atoms with Gasteiger partial charge in [0.1, 0.15) is 0 Å². The molecule has 0 heterocycles. The molecule has 0 saturated carbocycles. The van der Waals surface area contributed by atoms with E-state index in [-0.39, 0.29) is 12.5 Å². The van der Waals surface area contributed by atoms with Crippen molar-refractivity contribution in [3.63, 3.8) is 0 Å². The van der Waals surface area contributed by atoms with E-state index in [4.69, 9.17) is 0 Å². The van der Waals surface area contributed by atoms with Crippen LogP contribution in [0.5, 0.6) is 0 Å². The molecule has 1 unspecified atom stereocenters. The summed E-state index contributed by atoms with van der Waals surface area (Å²) < 4.78 is 0. The Bertz CT molecular complexity index is 289. The molecule has 2 atom stereocenters. The van der Waals surface area contributed by atoms with Gasteiger partial charge in [0.05, 0.1) is 18.8 Å². The van der Waals surface area contributed by atoms with Crippen molar-refractivity contribution in [1.29, 1.82) is 0 Å². The van der Waals surface area contributed by atoms with Gasteiger partial charge in [-0.25, -0.2) is 0 Å². The van der Waals surface area contributed by atoms with Crippen LogP contribution in [0.3, 0.4) is 0 Å². The molecule has 3 N–H and O–H groups in total. The summed E-state index contributed by atoms with van der Waals surface area (Å²) in [4.78, 5) is 11.7. The smallest absolute Gasteiger partial charge is 0.220 e. The van der Waals surface area contributed by atoms with Crippen LogP contribution < -0.4 is 5.32 Å². The van der Waals surface area contributed by atoms with Gasteiger partial charge in [0.2, 0.25) is 5.91 Å².